The van der Waals surface area contributed by atoms with Gasteiger partial charge in [-0.25, -0.2) is 4.39 Å². The number of rotatable bonds is 2. The van der Waals surface area contributed by atoms with Gasteiger partial charge in [-0.2, -0.15) is 0 Å². The van der Waals surface area contributed by atoms with E-state index in [2.05, 4.69) is 13.8 Å². The van der Waals surface area contributed by atoms with Crippen molar-refractivity contribution in [2.75, 3.05) is 7.11 Å². The molecule has 1 aromatic rings. The predicted octanol–water partition coefficient (Wildman–Crippen LogP) is 2.59. The number of hydrogen-bond acceptors (Lipinski definition) is 2. The molecule has 2 atom stereocenters. The average Bonchev–Trinajstić information content (AvgIpc) is 2.66. The van der Waals surface area contributed by atoms with Crippen LogP contribution >= 0.6 is 0 Å². The number of halogens is 1. The molecule has 0 saturated heterocycles. The molecule has 1 saturated carbocycles. The van der Waals surface area contributed by atoms with Crippen molar-refractivity contribution >= 4 is 0 Å². The van der Waals surface area contributed by atoms with Gasteiger partial charge in [-0.05, 0) is 30.0 Å². The van der Waals surface area contributed by atoms with Crippen molar-refractivity contribution in [2.24, 2.45) is 11.1 Å². The van der Waals surface area contributed by atoms with Crippen LogP contribution in [0.3, 0.4) is 0 Å². The maximum Gasteiger partial charge on any atom is 0.130 e. The summed E-state index contributed by atoms with van der Waals surface area (Å²) in [4.78, 5) is 0. The number of nitrogens with two attached hydrogens (primary N) is 1. The van der Waals surface area contributed by atoms with E-state index in [0.717, 1.165) is 5.56 Å². The highest BCUT2D eigenvalue weighted by Gasteiger charge is 2.58. The van der Waals surface area contributed by atoms with Crippen LogP contribution in [0.2, 0.25) is 0 Å². The Morgan fingerprint density at radius 1 is 1.38 bits per heavy atom. The zero-order valence-electron chi connectivity index (χ0n) is 10.2. The summed E-state index contributed by atoms with van der Waals surface area (Å²) in [5, 5.41) is 0. The van der Waals surface area contributed by atoms with Gasteiger partial charge >= 0.3 is 0 Å². The van der Waals surface area contributed by atoms with Crippen molar-refractivity contribution in [3.8, 4) is 5.75 Å². The zero-order chi connectivity index (χ0) is 12.1. The van der Waals surface area contributed by atoms with E-state index in [4.69, 9.17) is 10.5 Å². The SMILES string of the molecule is COc1cc(C)cc(F)c1[C@H]1[C@H](N)C1(C)C. The average molecular weight is 223 g/mol. The van der Waals surface area contributed by atoms with Crippen LogP contribution in [0, 0.1) is 18.2 Å². The van der Waals surface area contributed by atoms with Gasteiger partial charge in [0, 0.05) is 17.5 Å². The minimum atomic E-state index is -0.206. The Kier molecular flexibility index (Phi) is 2.46. The van der Waals surface area contributed by atoms with E-state index >= 15 is 0 Å². The van der Waals surface area contributed by atoms with Crippen LogP contribution in [0.4, 0.5) is 4.39 Å². The minimum Gasteiger partial charge on any atom is -0.496 e. The molecule has 2 nitrogen and oxygen atoms in total. The number of benzene rings is 1. The summed E-state index contributed by atoms with van der Waals surface area (Å²) in [6.07, 6.45) is 0. The quantitative estimate of drug-likeness (QED) is 0.836. The Morgan fingerprint density at radius 2 is 1.94 bits per heavy atom. The fourth-order valence-corrected chi connectivity index (χ4v) is 2.42. The highest BCUT2D eigenvalue weighted by molar-refractivity contribution is 5.47. The zero-order valence-corrected chi connectivity index (χ0v) is 10.2. The van der Waals surface area contributed by atoms with Gasteiger partial charge in [-0.1, -0.05) is 13.8 Å². The molecule has 0 amide bonds. The van der Waals surface area contributed by atoms with Crippen molar-refractivity contribution in [2.45, 2.75) is 32.7 Å². The van der Waals surface area contributed by atoms with Crippen molar-refractivity contribution in [3.63, 3.8) is 0 Å². The van der Waals surface area contributed by atoms with Gasteiger partial charge in [-0.15, -0.1) is 0 Å². The van der Waals surface area contributed by atoms with Crippen molar-refractivity contribution in [3.05, 3.63) is 29.1 Å². The molecular weight excluding hydrogens is 205 g/mol. The van der Waals surface area contributed by atoms with Gasteiger partial charge in [0.05, 0.1) is 7.11 Å². The van der Waals surface area contributed by atoms with Crippen LogP contribution in [-0.2, 0) is 0 Å². The van der Waals surface area contributed by atoms with E-state index in [-0.39, 0.29) is 23.2 Å². The van der Waals surface area contributed by atoms with Crippen molar-refractivity contribution in [1.29, 1.82) is 0 Å². The van der Waals surface area contributed by atoms with E-state index in [9.17, 15) is 4.39 Å². The van der Waals surface area contributed by atoms with Crippen LogP contribution in [-0.4, -0.2) is 13.2 Å². The number of hydrogen-bond donors (Lipinski definition) is 1. The highest BCUT2D eigenvalue weighted by Crippen LogP contribution is 2.59. The molecule has 3 heteroatoms. The van der Waals surface area contributed by atoms with E-state index < -0.39 is 0 Å². The molecule has 0 aromatic heterocycles. The molecule has 88 valence electrons. The van der Waals surface area contributed by atoms with E-state index in [1.54, 1.807) is 13.2 Å². The first-order chi connectivity index (χ1) is 7.39. The Morgan fingerprint density at radius 3 is 2.38 bits per heavy atom. The summed E-state index contributed by atoms with van der Waals surface area (Å²) in [5.74, 6) is 0.467. The van der Waals surface area contributed by atoms with E-state index in [1.165, 1.54) is 0 Å². The monoisotopic (exact) mass is 223 g/mol. The molecule has 1 aliphatic carbocycles. The van der Waals surface area contributed by atoms with Crippen LogP contribution in [0.1, 0.15) is 30.9 Å². The van der Waals surface area contributed by atoms with Gasteiger partial charge in [0.1, 0.15) is 11.6 Å². The third-order valence-electron chi connectivity index (χ3n) is 3.68. The largest absolute Gasteiger partial charge is 0.496 e. The fourth-order valence-electron chi connectivity index (χ4n) is 2.42. The first-order valence-corrected chi connectivity index (χ1v) is 5.49. The van der Waals surface area contributed by atoms with E-state index in [0.29, 0.717) is 11.3 Å². The summed E-state index contributed by atoms with van der Waals surface area (Å²) in [5.41, 5.74) is 7.44. The Balaban J connectivity index is 2.49. The molecule has 1 aromatic carbocycles. The summed E-state index contributed by atoms with van der Waals surface area (Å²) in [6.45, 7) is 5.97. The smallest absolute Gasteiger partial charge is 0.130 e. The normalized spacial score (nSPS) is 26.6. The summed E-state index contributed by atoms with van der Waals surface area (Å²) in [6, 6.07) is 3.41. The van der Waals surface area contributed by atoms with Gasteiger partial charge in [0.25, 0.3) is 0 Å². The predicted molar refractivity (Wildman–Crippen MR) is 62.2 cm³/mol. The molecular formula is C13H18FNO. The summed E-state index contributed by atoms with van der Waals surface area (Å²) < 4.78 is 19.2. The molecule has 16 heavy (non-hydrogen) atoms. The van der Waals surface area contributed by atoms with Gasteiger partial charge in [-0.3, -0.25) is 0 Å². The molecule has 0 heterocycles. The fraction of sp³-hybridized carbons (Fsp3) is 0.538. The van der Waals surface area contributed by atoms with Crippen LogP contribution in [0.25, 0.3) is 0 Å². The second-order valence-corrected chi connectivity index (χ2v) is 5.19. The molecule has 0 unspecified atom stereocenters. The Bertz CT molecular complexity index is 428. The lowest BCUT2D eigenvalue weighted by Gasteiger charge is -2.11. The second-order valence-electron chi connectivity index (χ2n) is 5.19. The second kappa shape index (κ2) is 3.45. The van der Waals surface area contributed by atoms with Crippen LogP contribution in [0.15, 0.2) is 12.1 Å². The number of aryl methyl sites for hydroxylation is 1. The molecule has 1 aliphatic rings. The van der Waals surface area contributed by atoms with Gasteiger partial charge in [0.15, 0.2) is 0 Å². The van der Waals surface area contributed by atoms with Crippen molar-refractivity contribution in [1.82, 2.24) is 0 Å². The van der Waals surface area contributed by atoms with Crippen LogP contribution < -0.4 is 10.5 Å². The molecule has 0 bridgehead atoms. The lowest BCUT2D eigenvalue weighted by Crippen LogP contribution is -2.07. The van der Waals surface area contributed by atoms with E-state index in [1.807, 2.05) is 13.0 Å². The third kappa shape index (κ3) is 1.50. The third-order valence-corrected chi connectivity index (χ3v) is 3.68. The maximum atomic E-state index is 14.0. The maximum absolute atomic E-state index is 14.0. The van der Waals surface area contributed by atoms with Crippen molar-refractivity contribution < 1.29 is 9.13 Å². The van der Waals surface area contributed by atoms with Gasteiger partial charge in [0.2, 0.25) is 0 Å². The molecule has 2 rings (SSSR count). The molecule has 0 spiro atoms. The molecule has 1 fully saturated rings. The summed E-state index contributed by atoms with van der Waals surface area (Å²) >= 11 is 0. The molecule has 0 radical (unpaired) electrons. The molecule has 2 N–H and O–H groups in total. The number of ether oxygens (including phenoxy) is 1. The topological polar surface area (TPSA) is 35.2 Å². The molecule has 0 aliphatic heterocycles. The van der Waals surface area contributed by atoms with Crippen LogP contribution in [0.5, 0.6) is 5.75 Å². The first kappa shape index (κ1) is 11.4. The first-order valence-electron chi connectivity index (χ1n) is 5.49. The lowest BCUT2D eigenvalue weighted by atomic mass is 10.00. The standard InChI is InChI=1S/C13H18FNO/c1-7-5-8(14)10(9(6-7)16-4)11-12(15)13(11,2)3/h5-6,11-12H,15H2,1-4H3/t11-,12-/m0/s1. The Hall–Kier alpha value is -1.09. The summed E-state index contributed by atoms with van der Waals surface area (Å²) in [7, 11) is 1.57. The minimum absolute atomic E-state index is 0.0126. The highest BCUT2D eigenvalue weighted by atomic mass is 19.1. The van der Waals surface area contributed by atoms with Gasteiger partial charge < -0.3 is 10.5 Å². The number of methoxy groups -OCH3 is 1. The lowest BCUT2D eigenvalue weighted by molar-refractivity contribution is 0.401. The Labute approximate surface area is 95.6 Å².